The molecule has 0 aliphatic carbocycles. The lowest BCUT2D eigenvalue weighted by atomic mass is 9.91. The van der Waals surface area contributed by atoms with Crippen LogP contribution in [0.1, 0.15) is 12.5 Å². The number of oxime groups is 1. The number of benzene rings is 1. The second-order valence-electron chi connectivity index (χ2n) is 4.14. The van der Waals surface area contributed by atoms with Crippen LogP contribution in [-0.4, -0.2) is 31.7 Å². The Morgan fingerprint density at radius 1 is 1.25 bits per heavy atom. The summed E-state index contributed by atoms with van der Waals surface area (Å²) in [7, 11) is 2.47. The number of rotatable bonds is 6. The SMILES string of the molecule is CO/N=C(/C(=O)OC)C(Cc1ccc(F)cc1)C(C)=O. The van der Waals surface area contributed by atoms with Crippen LogP contribution >= 0.6 is 0 Å². The molecule has 0 saturated heterocycles. The van der Waals surface area contributed by atoms with Gasteiger partial charge in [-0.05, 0) is 31.0 Å². The van der Waals surface area contributed by atoms with Crippen molar-refractivity contribution in [1.82, 2.24) is 0 Å². The quantitative estimate of drug-likeness (QED) is 0.452. The van der Waals surface area contributed by atoms with Crippen molar-refractivity contribution in [2.45, 2.75) is 13.3 Å². The number of esters is 1. The Morgan fingerprint density at radius 2 is 1.85 bits per heavy atom. The summed E-state index contributed by atoms with van der Waals surface area (Å²) in [5, 5.41) is 3.58. The number of ketones is 1. The zero-order valence-electron chi connectivity index (χ0n) is 11.6. The van der Waals surface area contributed by atoms with Gasteiger partial charge in [0.25, 0.3) is 0 Å². The number of halogens is 1. The van der Waals surface area contributed by atoms with E-state index in [0.29, 0.717) is 5.56 Å². The highest BCUT2D eigenvalue weighted by Crippen LogP contribution is 2.14. The average molecular weight is 281 g/mol. The van der Waals surface area contributed by atoms with Crippen molar-refractivity contribution < 1.29 is 23.6 Å². The molecule has 0 bridgehead atoms. The van der Waals surface area contributed by atoms with Crippen LogP contribution in [0.25, 0.3) is 0 Å². The Hall–Kier alpha value is -2.24. The average Bonchev–Trinajstić information content (AvgIpc) is 2.43. The molecule has 0 aliphatic heterocycles. The van der Waals surface area contributed by atoms with E-state index in [-0.39, 0.29) is 23.7 Å². The molecule has 20 heavy (non-hydrogen) atoms. The Kier molecular flexibility index (Phi) is 5.83. The molecule has 6 heteroatoms. The standard InChI is InChI=1S/C14H16FNO4/c1-9(17)12(13(16-20-3)14(18)19-2)8-10-4-6-11(15)7-5-10/h4-7,12H,8H2,1-3H3/b16-13+. The molecule has 5 nitrogen and oxygen atoms in total. The zero-order valence-corrected chi connectivity index (χ0v) is 11.6. The van der Waals surface area contributed by atoms with Gasteiger partial charge in [0.05, 0.1) is 13.0 Å². The van der Waals surface area contributed by atoms with Crippen molar-refractivity contribution in [2.75, 3.05) is 14.2 Å². The fraction of sp³-hybridized carbons (Fsp3) is 0.357. The molecule has 1 aromatic carbocycles. The lowest BCUT2D eigenvalue weighted by Gasteiger charge is -2.14. The first-order valence-electron chi connectivity index (χ1n) is 5.93. The van der Waals surface area contributed by atoms with E-state index in [0.717, 1.165) is 0 Å². The van der Waals surface area contributed by atoms with E-state index in [1.54, 1.807) is 12.1 Å². The van der Waals surface area contributed by atoms with Crippen LogP contribution in [0.2, 0.25) is 0 Å². The van der Waals surface area contributed by atoms with Crippen molar-refractivity contribution >= 4 is 17.5 Å². The smallest absolute Gasteiger partial charge is 0.356 e. The molecule has 0 fully saturated rings. The van der Waals surface area contributed by atoms with E-state index in [1.807, 2.05) is 0 Å². The summed E-state index contributed by atoms with van der Waals surface area (Å²) in [4.78, 5) is 28.0. The Morgan fingerprint density at radius 3 is 2.30 bits per heavy atom. The summed E-state index contributed by atoms with van der Waals surface area (Å²) in [6.45, 7) is 1.35. The molecule has 0 radical (unpaired) electrons. The molecular formula is C14H16FNO4. The predicted molar refractivity (Wildman–Crippen MR) is 70.7 cm³/mol. The van der Waals surface area contributed by atoms with Crippen LogP contribution in [-0.2, 0) is 25.6 Å². The highest BCUT2D eigenvalue weighted by molar-refractivity contribution is 6.40. The molecule has 0 aromatic heterocycles. The van der Waals surface area contributed by atoms with Gasteiger partial charge in [-0.1, -0.05) is 17.3 Å². The molecule has 0 spiro atoms. The first-order valence-corrected chi connectivity index (χ1v) is 5.93. The lowest BCUT2D eigenvalue weighted by molar-refractivity contribution is -0.134. The molecule has 108 valence electrons. The van der Waals surface area contributed by atoms with Gasteiger partial charge in [0.1, 0.15) is 18.7 Å². The van der Waals surface area contributed by atoms with Gasteiger partial charge in [0.15, 0.2) is 5.71 Å². The van der Waals surface area contributed by atoms with Crippen molar-refractivity contribution in [3.63, 3.8) is 0 Å². The fourth-order valence-corrected chi connectivity index (χ4v) is 1.74. The van der Waals surface area contributed by atoms with E-state index < -0.39 is 11.9 Å². The van der Waals surface area contributed by atoms with Gasteiger partial charge >= 0.3 is 5.97 Å². The van der Waals surface area contributed by atoms with Gasteiger partial charge in [0.2, 0.25) is 0 Å². The number of nitrogens with zero attached hydrogens (tertiary/aromatic N) is 1. The minimum Gasteiger partial charge on any atom is -0.464 e. The van der Waals surface area contributed by atoms with Gasteiger partial charge in [-0.3, -0.25) is 4.79 Å². The van der Waals surface area contributed by atoms with E-state index in [2.05, 4.69) is 14.7 Å². The Bertz CT molecular complexity index is 510. The molecule has 0 heterocycles. The van der Waals surface area contributed by atoms with Crippen LogP contribution in [0.15, 0.2) is 29.4 Å². The van der Waals surface area contributed by atoms with Crippen molar-refractivity contribution in [3.05, 3.63) is 35.6 Å². The summed E-state index contributed by atoms with van der Waals surface area (Å²) in [5.74, 6) is -2.15. The number of carbonyl (C=O) groups is 2. The van der Waals surface area contributed by atoms with Crippen LogP contribution in [0, 0.1) is 11.7 Å². The maximum absolute atomic E-state index is 12.9. The van der Waals surface area contributed by atoms with Crippen molar-refractivity contribution in [1.29, 1.82) is 0 Å². The monoisotopic (exact) mass is 281 g/mol. The first-order chi connectivity index (χ1) is 9.49. The third-order valence-electron chi connectivity index (χ3n) is 2.76. The summed E-state index contributed by atoms with van der Waals surface area (Å²) >= 11 is 0. The predicted octanol–water partition coefficient (Wildman–Crippen LogP) is 1.75. The van der Waals surface area contributed by atoms with Crippen LogP contribution < -0.4 is 0 Å². The summed E-state index contributed by atoms with van der Waals surface area (Å²) in [5.41, 5.74) is 0.603. The highest BCUT2D eigenvalue weighted by Gasteiger charge is 2.29. The van der Waals surface area contributed by atoms with Crippen LogP contribution in [0.3, 0.4) is 0 Å². The van der Waals surface area contributed by atoms with Gasteiger partial charge in [-0.25, -0.2) is 9.18 Å². The number of Topliss-reactive ketones (excluding diaryl/α,β-unsaturated/α-hetero) is 1. The zero-order chi connectivity index (χ0) is 15.1. The van der Waals surface area contributed by atoms with Gasteiger partial charge in [0, 0.05) is 0 Å². The second-order valence-corrected chi connectivity index (χ2v) is 4.14. The molecule has 0 aliphatic rings. The maximum atomic E-state index is 12.9. The topological polar surface area (TPSA) is 65.0 Å². The molecule has 1 unspecified atom stereocenters. The second kappa shape index (κ2) is 7.37. The number of carbonyl (C=O) groups excluding carboxylic acids is 2. The number of ether oxygens (including phenoxy) is 1. The van der Waals surface area contributed by atoms with Gasteiger partial charge in [-0.15, -0.1) is 0 Å². The number of hydrogen-bond acceptors (Lipinski definition) is 5. The van der Waals surface area contributed by atoms with E-state index in [1.165, 1.54) is 33.3 Å². The van der Waals surface area contributed by atoms with Crippen molar-refractivity contribution in [2.24, 2.45) is 11.1 Å². The molecule has 0 saturated carbocycles. The summed E-state index contributed by atoms with van der Waals surface area (Å²) in [6.07, 6.45) is 0.215. The van der Waals surface area contributed by atoms with Crippen LogP contribution in [0.4, 0.5) is 4.39 Å². The maximum Gasteiger partial charge on any atom is 0.356 e. The third kappa shape index (κ3) is 4.15. The molecule has 0 amide bonds. The molecule has 1 atom stereocenters. The minimum atomic E-state index is -0.798. The third-order valence-corrected chi connectivity index (χ3v) is 2.76. The highest BCUT2D eigenvalue weighted by atomic mass is 19.1. The fourth-order valence-electron chi connectivity index (χ4n) is 1.74. The molecule has 0 N–H and O–H groups in total. The largest absolute Gasteiger partial charge is 0.464 e. The summed E-state index contributed by atoms with van der Waals surface area (Å²) in [6, 6.07) is 5.68. The minimum absolute atomic E-state index is 0.105. The molecular weight excluding hydrogens is 265 g/mol. The molecule has 1 rings (SSSR count). The van der Waals surface area contributed by atoms with Crippen LogP contribution in [0.5, 0.6) is 0 Å². The number of methoxy groups -OCH3 is 1. The van der Waals surface area contributed by atoms with E-state index >= 15 is 0 Å². The van der Waals surface area contributed by atoms with Gasteiger partial charge in [-0.2, -0.15) is 0 Å². The first kappa shape index (κ1) is 15.8. The Balaban J connectivity index is 3.03. The van der Waals surface area contributed by atoms with E-state index in [9.17, 15) is 14.0 Å². The lowest BCUT2D eigenvalue weighted by Crippen LogP contribution is -2.32. The molecule has 1 aromatic rings. The summed E-state index contributed by atoms with van der Waals surface area (Å²) < 4.78 is 17.5. The number of hydrogen-bond donors (Lipinski definition) is 0. The van der Waals surface area contributed by atoms with Gasteiger partial charge < -0.3 is 9.57 Å². The van der Waals surface area contributed by atoms with Crippen molar-refractivity contribution in [3.8, 4) is 0 Å². The normalized spacial score (nSPS) is 12.7. The Labute approximate surface area is 116 Å². The van der Waals surface area contributed by atoms with E-state index in [4.69, 9.17) is 0 Å².